The number of nitrogens with two attached hydrogens (primary N) is 1. The molecule has 0 aliphatic heterocycles. The summed E-state index contributed by atoms with van der Waals surface area (Å²) < 4.78 is 10.1. The lowest BCUT2D eigenvalue weighted by Crippen LogP contribution is -2.18. The van der Waals surface area contributed by atoms with Crippen molar-refractivity contribution >= 4 is 5.69 Å². The summed E-state index contributed by atoms with van der Waals surface area (Å²) in [5.41, 5.74) is 6.20. The van der Waals surface area contributed by atoms with Crippen molar-refractivity contribution in [1.29, 1.82) is 0 Å². The van der Waals surface area contributed by atoms with Crippen molar-refractivity contribution in [2.45, 2.75) is 19.4 Å². The van der Waals surface area contributed by atoms with E-state index in [-0.39, 0.29) is 11.7 Å². The molecule has 0 spiro atoms. The molecule has 0 fully saturated rings. The van der Waals surface area contributed by atoms with E-state index < -0.39 is 4.92 Å². The van der Waals surface area contributed by atoms with E-state index in [0.29, 0.717) is 23.5 Å². The molecule has 94 valence electrons. The Hall–Kier alpha value is -1.82. The molecule has 6 heteroatoms. The van der Waals surface area contributed by atoms with Crippen LogP contribution in [0, 0.1) is 10.1 Å². The third-order valence-corrected chi connectivity index (χ3v) is 2.32. The molecule has 0 amide bonds. The van der Waals surface area contributed by atoms with E-state index in [1.807, 2.05) is 0 Å². The molecule has 0 aliphatic rings. The van der Waals surface area contributed by atoms with Crippen LogP contribution in [-0.4, -0.2) is 25.2 Å². The summed E-state index contributed by atoms with van der Waals surface area (Å²) in [5.74, 6) is 0.807. The van der Waals surface area contributed by atoms with Crippen molar-refractivity contribution in [1.82, 2.24) is 0 Å². The van der Waals surface area contributed by atoms with Crippen molar-refractivity contribution in [2.24, 2.45) is 5.73 Å². The summed E-state index contributed by atoms with van der Waals surface area (Å²) in [7, 11) is 2.92. The number of ether oxygens (including phenoxy) is 2. The van der Waals surface area contributed by atoms with Crippen molar-refractivity contribution in [2.75, 3.05) is 14.2 Å². The van der Waals surface area contributed by atoms with Gasteiger partial charge in [-0.3, -0.25) is 10.1 Å². The first-order valence-corrected chi connectivity index (χ1v) is 5.14. The van der Waals surface area contributed by atoms with Crippen LogP contribution in [0.5, 0.6) is 11.5 Å². The Kier molecular flexibility index (Phi) is 4.28. The van der Waals surface area contributed by atoms with Crippen LogP contribution in [0.1, 0.15) is 12.5 Å². The second-order valence-corrected chi connectivity index (χ2v) is 3.77. The zero-order valence-corrected chi connectivity index (χ0v) is 10.1. The molecule has 1 aromatic rings. The van der Waals surface area contributed by atoms with Crippen molar-refractivity contribution in [3.63, 3.8) is 0 Å². The lowest BCUT2D eigenvalue weighted by atomic mass is 10.0. The van der Waals surface area contributed by atoms with E-state index >= 15 is 0 Å². The number of nitrogens with zero attached hydrogens (tertiary/aromatic N) is 1. The van der Waals surface area contributed by atoms with Crippen LogP contribution < -0.4 is 15.2 Å². The molecule has 2 N–H and O–H groups in total. The molecule has 6 nitrogen and oxygen atoms in total. The molecule has 0 bridgehead atoms. The van der Waals surface area contributed by atoms with E-state index in [2.05, 4.69) is 0 Å². The fourth-order valence-electron chi connectivity index (χ4n) is 1.59. The molecular weight excluding hydrogens is 224 g/mol. The first kappa shape index (κ1) is 13.2. The van der Waals surface area contributed by atoms with E-state index in [9.17, 15) is 10.1 Å². The highest BCUT2D eigenvalue weighted by Crippen LogP contribution is 2.34. The minimum atomic E-state index is -0.445. The number of hydrogen-bond acceptors (Lipinski definition) is 5. The standard InChI is InChI=1S/C11H16N2O4/c1-7(12)4-8-5-10(16-2)11(17-3)6-9(8)13(14)15/h5-7H,4,12H2,1-3H3/t7-/m1/s1. The monoisotopic (exact) mass is 240 g/mol. The molecule has 1 atom stereocenters. The number of nitro benzene ring substituents is 1. The highest BCUT2D eigenvalue weighted by molar-refractivity contribution is 5.54. The molecule has 0 saturated carbocycles. The van der Waals surface area contributed by atoms with Gasteiger partial charge in [-0.25, -0.2) is 0 Å². The average molecular weight is 240 g/mol. The van der Waals surface area contributed by atoms with Gasteiger partial charge in [-0.15, -0.1) is 0 Å². The highest BCUT2D eigenvalue weighted by atomic mass is 16.6. The van der Waals surface area contributed by atoms with Gasteiger partial charge in [-0.1, -0.05) is 0 Å². The molecule has 17 heavy (non-hydrogen) atoms. The van der Waals surface area contributed by atoms with Crippen LogP contribution in [0.2, 0.25) is 0 Å². The maximum Gasteiger partial charge on any atom is 0.276 e. The Labute approximate surface area is 99.5 Å². The van der Waals surface area contributed by atoms with Gasteiger partial charge in [-0.2, -0.15) is 0 Å². The third-order valence-electron chi connectivity index (χ3n) is 2.32. The van der Waals surface area contributed by atoms with Gasteiger partial charge < -0.3 is 15.2 Å². The van der Waals surface area contributed by atoms with Gasteiger partial charge in [-0.05, 0) is 19.4 Å². The summed E-state index contributed by atoms with van der Waals surface area (Å²) in [6.45, 7) is 1.79. The van der Waals surface area contributed by atoms with Crippen LogP contribution >= 0.6 is 0 Å². The zero-order chi connectivity index (χ0) is 13.0. The number of methoxy groups -OCH3 is 2. The molecule has 0 radical (unpaired) electrons. The smallest absolute Gasteiger partial charge is 0.276 e. The van der Waals surface area contributed by atoms with Gasteiger partial charge in [0, 0.05) is 11.6 Å². The van der Waals surface area contributed by atoms with Gasteiger partial charge in [0.25, 0.3) is 5.69 Å². The lowest BCUT2D eigenvalue weighted by Gasteiger charge is -2.11. The van der Waals surface area contributed by atoms with Crippen LogP contribution in [0.25, 0.3) is 0 Å². The van der Waals surface area contributed by atoms with E-state index in [1.54, 1.807) is 13.0 Å². The molecule has 0 aliphatic carbocycles. The second-order valence-electron chi connectivity index (χ2n) is 3.77. The SMILES string of the molecule is COc1cc(C[C@@H](C)N)c([N+](=O)[O-])cc1OC. The molecule has 0 unspecified atom stereocenters. The normalized spacial score (nSPS) is 12.0. The first-order chi connectivity index (χ1) is 7.99. The molecule has 0 heterocycles. The van der Waals surface area contributed by atoms with Gasteiger partial charge in [0.1, 0.15) is 0 Å². The van der Waals surface area contributed by atoms with Crippen molar-refractivity contribution in [3.8, 4) is 11.5 Å². The number of hydrogen-bond donors (Lipinski definition) is 1. The Morgan fingerprint density at radius 2 is 1.88 bits per heavy atom. The van der Waals surface area contributed by atoms with Crippen molar-refractivity contribution < 1.29 is 14.4 Å². The topological polar surface area (TPSA) is 87.6 Å². The maximum atomic E-state index is 10.9. The minimum Gasteiger partial charge on any atom is -0.493 e. The Morgan fingerprint density at radius 3 is 2.29 bits per heavy atom. The van der Waals surface area contributed by atoms with Crippen LogP contribution in [0.4, 0.5) is 5.69 Å². The number of rotatable bonds is 5. The predicted octanol–water partition coefficient (Wildman–Crippen LogP) is 1.50. The first-order valence-electron chi connectivity index (χ1n) is 5.14. The van der Waals surface area contributed by atoms with E-state index in [4.69, 9.17) is 15.2 Å². The van der Waals surface area contributed by atoms with Crippen LogP contribution in [0.15, 0.2) is 12.1 Å². The van der Waals surface area contributed by atoms with Crippen LogP contribution in [-0.2, 0) is 6.42 Å². The maximum absolute atomic E-state index is 10.9. The Balaban J connectivity index is 3.29. The molecule has 1 rings (SSSR count). The quantitative estimate of drug-likeness (QED) is 0.622. The molecule has 0 saturated heterocycles. The van der Waals surface area contributed by atoms with Crippen LogP contribution in [0.3, 0.4) is 0 Å². The summed E-state index contributed by atoms with van der Waals surface area (Å²) >= 11 is 0. The Bertz CT molecular complexity index is 418. The fourth-order valence-corrected chi connectivity index (χ4v) is 1.59. The molecular formula is C11H16N2O4. The largest absolute Gasteiger partial charge is 0.493 e. The van der Waals surface area contributed by atoms with Gasteiger partial charge in [0.05, 0.1) is 25.2 Å². The van der Waals surface area contributed by atoms with Gasteiger partial charge >= 0.3 is 0 Å². The van der Waals surface area contributed by atoms with E-state index in [0.717, 1.165) is 0 Å². The third kappa shape index (κ3) is 3.07. The highest BCUT2D eigenvalue weighted by Gasteiger charge is 2.19. The van der Waals surface area contributed by atoms with Gasteiger partial charge in [0.15, 0.2) is 11.5 Å². The van der Waals surface area contributed by atoms with E-state index in [1.165, 1.54) is 20.3 Å². The second kappa shape index (κ2) is 5.49. The molecule has 0 aromatic heterocycles. The van der Waals surface area contributed by atoms with Gasteiger partial charge in [0.2, 0.25) is 0 Å². The lowest BCUT2D eigenvalue weighted by molar-refractivity contribution is -0.385. The summed E-state index contributed by atoms with van der Waals surface area (Å²) in [4.78, 5) is 10.5. The zero-order valence-electron chi connectivity index (χ0n) is 10.1. The number of nitro groups is 1. The average Bonchev–Trinajstić information content (AvgIpc) is 2.27. The predicted molar refractivity (Wildman–Crippen MR) is 63.6 cm³/mol. The summed E-state index contributed by atoms with van der Waals surface area (Å²) in [5, 5.41) is 10.9. The minimum absolute atomic E-state index is 0.0000463. The summed E-state index contributed by atoms with van der Waals surface area (Å²) in [6.07, 6.45) is 0.413. The number of benzene rings is 1. The fraction of sp³-hybridized carbons (Fsp3) is 0.455. The Morgan fingerprint density at radius 1 is 1.35 bits per heavy atom. The molecule has 1 aromatic carbocycles. The summed E-state index contributed by atoms with van der Waals surface area (Å²) in [6, 6.07) is 2.79. The van der Waals surface area contributed by atoms with Crippen molar-refractivity contribution in [3.05, 3.63) is 27.8 Å².